The Bertz CT molecular complexity index is 919. The second-order valence-electron chi connectivity index (χ2n) is 7.70. The maximum absolute atomic E-state index is 12.6. The molecule has 1 saturated heterocycles. The van der Waals surface area contributed by atoms with Crippen LogP contribution in [0.25, 0.3) is 0 Å². The first kappa shape index (κ1) is 19.9. The van der Waals surface area contributed by atoms with Crippen LogP contribution in [-0.2, 0) is 9.59 Å². The van der Waals surface area contributed by atoms with E-state index in [-0.39, 0.29) is 30.2 Å². The number of carbonyl (C=O) groups excluding carboxylic acids is 3. The first-order valence-electron chi connectivity index (χ1n) is 10.4. The number of nitrogens with zero attached hydrogens (tertiary/aromatic N) is 2. The van der Waals surface area contributed by atoms with Crippen LogP contribution < -0.4 is 10.6 Å². The van der Waals surface area contributed by atoms with E-state index in [2.05, 4.69) is 10.6 Å². The van der Waals surface area contributed by atoms with E-state index >= 15 is 0 Å². The van der Waals surface area contributed by atoms with Crippen LogP contribution in [0.5, 0.6) is 0 Å². The van der Waals surface area contributed by atoms with Crippen LogP contribution >= 0.6 is 0 Å². The lowest BCUT2D eigenvalue weighted by molar-refractivity contribution is -0.139. The molecule has 2 aliphatic rings. The summed E-state index contributed by atoms with van der Waals surface area (Å²) in [4.78, 5) is 40.9. The molecular formula is C23H26N4O3. The Morgan fingerprint density at radius 2 is 1.40 bits per heavy atom. The van der Waals surface area contributed by atoms with Crippen molar-refractivity contribution in [1.82, 2.24) is 9.80 Å². The second-order valence-corrected chi connectivity index (χ2v) is 7.70. The summed E-state index contributed by atoms with van der Waals surface area (Å²) < 4.78 is 0. The molecule has 7 heteroatoms. The monoisotopic (exact) mass is 406 g/mol. The van der Waals surface area contributed by atoms with Crippen molar-refractivity contribution in [2.45, 2.75) is 12.8 Å². The fraction of sp³-hybridized carbons (Fsp3) is 0.348. The maximum Gasteiger partial charge on any atom is 0.255 e. The van der Waals surface area contributed by atoms with Gasteiger partial charge in [0.15, 0.2) is 0 Å². The van der Waals surface area contributed by atoms with Gasteiger partial charge in [-0.2, -0.15) is 0 Å². The Hall–Kier alpha value is -3.35. The van der Waals surface area contributed by atoms with Gasteiger partial charge in [0, 0.05) is 37.7 Å². The number of para-hydroxylation sites is 2. The molecule has 1 saturated carbocycles. The molecule has 1 heterocycles. The summed E-state index contributed by atoms with van der Waals surface area (Å²) in [6.45, 7) is 2.46. The van der Waals surface area contributed by atoms with Crippen LogP contribution in [0.1, 0.15) is 23.2 Å². The number of rotatable bonds is 6. The first-order valence-corrected chi connectivity index (χ1v) is 10.4. The van der Waals surface area contributed by atoms with E-state index in [9.17, 15) is 14.4 Å². The molecule has 30 heavy (non-hydrogen) atoms. The van der Waals surface area contributed by atoms with Crippen LogP contribution in [0, 0.1) is 5.92 Å². The summed E-state index contributed by atoms with van der Waals surface area (Å²) in [5.74, 6) is 0.241. The molecule has 0 spiro atoms. The normalized spacial score (nSPS) is 16.1. The molecule has 1 aliphatic carbocycles. The Kier molecular flexibility index (Phi) is 5.97. The third kappa shape index (κ3) is 4.79. The lowest BCUT2D eigenvalue weighted by Crippen LogP contribution is -2.52. The van der Waals surface area contributed by atoms with Crippen molar-refractivity contribution < 1.29 is 14.4 Å². The van der Waals surface area contributed by atoms with Crippen molar-refractivity contribution >= 4 is 29.1 Å². The summed E-state index contributed by atoms with van der Waals surface area (Å²) in [6.07, 6.45) is 2.00. The van der Waals surface area contributed by atoms with Crippen molar-refractivity contribution in [3.05, 3.63) is 60.2 Å². The maximum atomic E-state index is 12.6. The van der Waals surface area contributed by atoms with Crippen LogP contribution in [0.4, 0.5) is 11.4 Å². The van der Waals surface area contributed by atoms with Crippen LogP contribution in [0.15, 0.2) is 54.6 Å². The summed E-state index contributed by atoms with van der Waals surface area (Å²) >= 11 is 0. The van der Waals surface area contributed by atoms with Crippen molar-refractivity contribution in [3.8, 4) is 0 Å². The number of carbonyl (C=O) groups is 3. The minimum absolute atomic E-state index is 0.0160. The SMILES string of the molecule is O=C(Nc1ccccc1NCC(=O)N1CCN(C(=O)C2CC2)CC1)c1ccccc1. The molecule has 2 aromatic rings. The van der Waals surface area contributed by atoms with E-state index in [4.69, 9.17) is 0 Å². The van der Waals surface area contributed by atoms with Gasteiger partial charge < -0.3 is 20.4 Å². The van der Waals surface area contributed by atoms with Gasteiger partial charge in [-0.15, -0.1) is 0 Å². The van der Waals surface area contributed by atoms with Gasteiger partial charge in [-0.25, -0.2) is 0 Å². The number of benzene rings is 2. The second kappa shape index (κ2) is 8.98. The van der Waals surface area contributed by atoms with Crippen molar-refractivity contribution in [1.29, 1.82) is 0 Å². The number of nitrogens with one attached hydrogen (secondary N) is 2. The Morgan fingerprint density at radius 3 is 2.07 bits per heavy atom. The minimum Gasteiger partial charge on any atom is -0.374 e. The van der Waals surface area contributed by atoms with Gasteiger partial charge >= 0.3 is 0 Å². The number of hydrogen-bond donors (Lipinski definition) is 2. The van der Waals surface area contributed by atoms with Gasteiger partial charge in [0.2, 0.25) is 11.8 Å². The molecular weight excluding hydrogens is 380 g/mol. The highest BCUT2D eigenvalue weighted by Gasteiger charge is 2.35. The van der Waals surface area contributed by atoms with Gasteiger partial charge in [0.1, 0.15) is 0 Å². The van der Waals surface area contributed by atoms with Gasteiger partial charge in [-0.05, 0) is 37.1 Å². The van der Waals surface area contributed by atoms with Gasteiger partial charge in [-0.3, -0.25) is 14.4 Å². The highest BCUT2D eigenvalue weighted by atomic mass is 16.2. The highest BCUT2D eigenvalue weighted by Crippen LogP contribution is 2.31. The van der Waals surface area contributed by atoms with Crippen molar-refractivity contribution in [2.75, 3.05) is 43.4 Å². The minimum atomic E-state index is -0.201. The molecule has 0 atom stereocenters. The topological polar surface area (TPSA) is 81.8 Å². The highest BCUT2D eigenvalue weighted by molar-refractivity contribution is 6.06. The molecule has 0 unspecified atom stereocenters. The predicted molar refractivity (Wildman–Crippen MR) is 115 cm³/mol. The quantitative estimate of drug-likeness (QED) is 0.772. The van der Waals surface area contributed by atoms with E-state index in [0.29, 0.717) is 43.1 Å². The third-order valence-electron chi connectivity index (χ3n) is 5.51. The Labute approximate surface area is 176 Å². The van der Waals surface area contributed by atoms with E-state index in [0.717, 1.165) is 12.8 Å². The molecule has 4 rings (SSSR count). The molecule has 2 fully saturated rings. The standard InChI is InChI=1S/C23H26N4O3/c28-21(26-12-14-27(15-13-26)23(30)18-10-11-18)16-24-19-8-4-5-9-20(19)25-22(29)17-6-2-1-3-7-17/h1-9,18,24H,10-16H2,(H,25,29). The van der Waals surface area contributed by atoms with Gasteiger partial charge in [0.05, 0.1) is 17.9 Å². The van der Waals surface area contributed by atoms with E-state index in [1.807, 2.05) is 41.3 Å². The molecule has 3 amide bonds. The van der Waals surface area contributed by atoms with E-state index in [1.165, 1.54) is 0 Å². The number of piperazine rings is 1. The van der Waals surface area contributed by atoms with Crippen molar-refractivity contribution in [2.24, 2.45) is 5.92 Å². The Balaban J connectivity index is 1.30. The summed E-state index contributed by atoms with van der Waals surface area (Å²) in [7, 11) is 0. The number of amides is 3. The molecule has 2 aromatic carbocycles. The molecule has 1 aliphatic heterocycles. The molecule has 156 valence electrons. The van der Waals surface area contributed by atoms with Crippen molar-refractivity contribution in [3.63, 3.8) is 0 Å². The summed E-state index contributed by atoms with van der Waals surface area (Å²) in [5.41, 5.74) is 1.89. The van der Waals surface area contributed by atoms with E-state index < -0.39 is 0 Å². The average Bonchev–Trinajstić information content (AvgIpc) is 3.64. The number of anilines is 2. The average molecular weight is 406 g/mol. The third-order valence-corrected chi connectivity index (χ3v) is 5.51. The summed E-state index contributed by atoms with van der Waals surface area (Å²) in [6, 6.07) is 16.3. The smallest absolute Gasteiger partial charge is 0.255 e. The summed E-state index contributed by atoms with van der Waals surface area (Å²) in [5, 5.41) is 6.04. The predicted octanol–water partition coefficient (Wildman–Crippen LogP) is 2.43. The van der Waals surface area contributed by atoms with Gasteiger partial charge in [0.25, 0.3) is 5.91 Å². The molecule has 7 nitrogen and oxygen atoms in total. The zero-order chi connectivity index (χ0) is 20.9. The van der Waals surface area contributed by atoms with Crippen LogP contribution in [0.2, 0.25) is 0 Å². The fourth-order valence-electron chi connectivity index (χ4n) is 3.58. The zero-order valence-electron chi connectivity index (χ0n) is 16.8. The molecule has 2 N–H and O–H groups in total. The Morgan fingerprint density at radius 1 is 0.800 bits per heavy atom. The molecule has 0 radical (unpaired) electrons. The van der Waals surface area contributed by atoms with Crippen LogP contribution in [0.3, 0.4) is 0 Å². The van der Waals surface area contributed by atoms with E-state index in [1.54, 1.807) is 23.1 Å². The first-order chi connectivity index (χ1) is 14.6. The lowest BCUT2D eigenvalue weighted by atomic mass is 10.2. The molecule has 0 bridgehead atoms. The lowest BCUT2D eigenvalue weighted by Gasteiger charge is -2.35. The zero-order valence-corrected chi connectivity index (χ0v) is 16.8. The van der Waals surface area contributed by atoms with Gasteiger partial charge in [-0.1, -0.05) is 30.3 Å². The molecule has 0 aromatic heterocycles. The largest absolute Gasteiger partial charge is 0.374 e. The fourth-order valence-corrected chi connectivity index (χ4v) is 3.58. The number of hydrogen-bond acceptors (Lipinski definition) is 4. The van der Waals surface area contributed by atoms with Crippen LogP contribution in [-0.4, -0.2) is 60.2 Å².